The lowest BCUT2D eigenvalue weighted by Gasteiger charge is -2.39. The summed E-state index contributed by atoms with van der Waals surface area (Å²) >= 11 is 0. The number of fused-ring (bicyclic) bond motifs is 1. The first-order valence-corrected chi connectivity index (χ1v) is 5.21. The lowest BCUT2D eigenvalue weighted by molar-refractivity contribution is -0.177. The molecule has 2 fully saturated rings. The molecule has 0 aromatic rings. The number of rotatable bonds is 0. The molecule has 1 aliphatic carbocycles. The molecule has 0 aromatic heterocycles. The van der Waals surface area contributed by atoms with Crippen LogP contribution in [0.3, 0.4) is 0 Å². The van der Waals surface area contributed by atoms with Gasteiger partial charge in [-0.3, -0.25) is 4.79 Å². The van der Waals surface area contributed by atoms with Crippen molar-refractivity contribution in [2.75, 3.05) is 0 Å². The van der Waals surface area contributed by atoms with Gasteiger partial charge in [0, 0.05) is 5.41 Å². The molecule has 0 unspecified atom stereocenters. The summed E-state index contributed by atoms with van der Waals surface area (Å²) in [5.41, 5.74) is -0.0531. The minimum Gasteiger partial charge on any atom is -0.462 e. The molecule has 1 saturated carbocycles. The molecule has 0 radical (unpaired) electrons. The number of aliphatic hydroxyl groups is 1. The third-order valence-electron chi connectivity index (χ3n) is 3.73. The van der Waals surface area contributed by atoms with Gasteiger partial charge in [0.1, 0.15) is 6.10 Å². The van der Waals surface area contributed by atoms with E-state index >= 15 is 0 Å². The van der Waals surface area contributed by atoms with E-state index in [1.54, 1.807) is 0 Å². The second-order valence-electron chi connectivity index (χ2n) is 5.75. The van der Waals surface area contributed by atoms with Crippen molar-refractivity contribution < 1.29 is 14.6 Å². The van der Waals surface area contributed by atoms with Crippen LogP contribution in [0.5, 0.6) is 0 Å². The fourth-order valence-corrected chi connectivity index (χ4v) is 3.06. The Labute approximate surface area is 84.4 Å². The Kier molecular flexibility index (Phi) is 1.94. The highest BCUT2D eigenvalue weighted by Gasteiger charge is 2.56. The van der Waals surface area contributed by atoms with Gasteiger partial charge in [-0.1, -0.05) is 20.8 Å². The summed E-state index contributed by atoms with van der Waals surface area (Å²) in [5, 5.41) is 9.94. The highest BCUT2D eigenvalue weighted by Crippen LogP contribution is 2.54. The highest BCUT2D eigenvalue weighted by atomic mass is 16.5. The summed E-state index contributed by atoms with van der Waals surface area (Å²) in [5.74, 6) is -0.252. The average molecular weight is 198 g/mol. The van der Waals surface area contributed by atoms with Crippen molar-refractivity contribution in [1.29, 1.82) is 0 Å². The van der Waals surface area contributed by atoms with Crippen LogP contribution in [0, 0.1) is 10.8 Å². The zero-order valence-electron chi connectivity index (χ0n) is 9.04. The first-order chi connectivity index (χ1) is 6.33. The molecule has 1 saturated heterocycles. The molecule has 0 bridgehead atoms. The largest absolute Gasteiger partial charge is 0.462 e. The van der Waals surface area contributed by atoms with Crippen LogP contribution < -0.4 is 0 Å². The summed E-state index contributed by atoms with van der Waals surface area (Å²) in [6, 6.07) is 0. The summed E-state index contributed by atoms with van der Waals surface area (Å²) in [4.78, 5) is 11.2. The van der Waals surface area contributed by atoms with Gasteiger partial charge in [0.15, 0.2) is 0 Å². The molecule has 3 heteroatoms. The fraction of sp³-hybridized carbons (Fsp3) is 0.909. The van der Waals surface area contributed by atoms with Gasteiger partial charge in [-0.05, 0) is 18.3 Å². The van der Waals surface area contributed by atoms with Crippen molar-refractivity contribution in [2.45, 2.75) is 52.2 Å². The monoisotopic (exact) mass is 198 g/mol. The molecule has 0 spiro atoms. The SMILES string of the molecule is CC1(C)C[C@@H]2OC(=O)C[C@H](O)[C@@]2(C)C1. The Morgan fingerprint density at radius 3 is 2.71 bits per heavy atom. The number of aliphatic hydroxyl groups excluding tert-OH is 1. The highest BCUT2D eigenvalue weighted by molar-refractivity contribution is 5.71. The van der Waals surface area contributed by atoms with E-state index in [-0.39, 0.29) is 29.3 Å². The first-order valence-electron chi connectivity index (χ1n) is 5.21. The Bertz CT molecular complexity index is 272. The molecule has 3 nitrogen and oxygen atoms in total. The zero-order chi connectivity index (χ0) is 10.6. The van der Waals surface area contributed by atoms with E-state index in [9.17, 15) is 9.90 Å². The average Bonchev–Trinajstić information content (AvgIpc) is 2.21. The van der Waals surface area contributed by atoms with Crippen LogP contribution >= 0.6 is 0 Å². The molecule has 1 aliphatic heterocycles. The van der Waals surface area contributed by atoms with Crippen molar-refractivity contribution >= 4 is 5.97 Å². The molecule has 0 aromatic carbocycles. The minimum atomic E-state index is -0.532. The fourth-order valence-electron chi connectivity index (χ4n) is 3.06. The van der Waals surface area contributed by atoms with E-state index in [1.807, 2.05) is 6.92 Å². The van der Waals surface area contributed by atoms with Crippen molar-refractivity contribution in [1.82, 2.24) is 0 Å². The Morgan fingerprint density at radius 1 is 1.43 bits per heavy atom. The maximum Gasteiger partial charge on any atom is 0.308 e. The van der Waals surface area contributed by atoms with E-state index in [0.29, 0.717) is 0 Å². The first kappa shape index (κ1) is 9.97. The number of carbonyl (C=O) groups excluding carboxylic acids is 1. The molecule has 2 rings (SSSR count). The molecular formula is C11H18O3. The summed E-state index contributed by atoms with van der Waals surface area (Å²) in [7, 11) is 0. The number of hydrogen-bond donors (Lipinski definition) is 1. The van der Waals surface area contributed by atoms with Gasteiger partial charge in [-0.25, -0.2) is 0 Å². The van der Waals surface area contributed by atoms with Crippen LogP contribution in [-0.4, -0.2) is 23.3 Å². The van der Waals surface area contributed by atoms with Crippen LogP contribution in [0.2, 0.25) is 0 Å². The van der Waals surface area contributed by atoms with Crippen LogP contribution in [0.4, 0.5) is 0 Å². The van der Waals surface area contributed by atoms with Crippen molar-refractivity contribution in [3.63, 3.8) is 0 Å². The van der Waals surface area contributed by atoms with Gasteiger partial charge in [-0.2, -0.15) is 0 Å². The van der Waals surface area contributed by atoms with Crippen LogP contribution in [0.15, 0.2) is 0 Å². The molecule has 1 heterocycles. The third kappa shape index (κ3) is 1.34. The quantitative estimate of drug-likeness (QED) is 0.600. The molecule has 1 N–H and O–H groups in total. The smallest absolute Gasteiger partial charge is 0.308 e. The van der Waals surface area contributed by atoms with Crippen LogP contribution in [0.1, 0.15) is 40.0 Å². The van der Waals surface area contributed by atoms with Gasteiger partial charge in [0.2, 0.25) is 0 Å². The van der Waals surface area contributed by atoms with Crippen molar-refractivity contribution in [3.8, 4) is 0 Å². The Hall–Kier alpha value is -0.570. The summed E-state index contributed by atoms with van der Waals surface area (Å²) in [6.07, 6.45) is 1.33. The van der Waals surface area contributed by atoms with Gasteiger partial charge in [0.05, 0.1) is 12.5 Å². The third-order valence-corrected chi connectivity index (χ3v) is 3.73. The molecule has 2 aliphatic rings. The lowest BCUT2D eigenvalue weighted by Crippen LogP contribution is -2.47. The van der Waals surface area contributed by atoms with E-state index in [4.69, 9.17) is 4.74 Å². The normalized spacial score (nSPS) is 45.9. The standard InChI is InChI=1S/C11H18O3/c1-10(2)5-8-11(3,6-10)7(12)4-9(13)14-8/h7-8,12H,4-6H2,1-3H3/t7-,8-,11+/m0/s1. The second-order valence-corrected chi connectivity index (χ2v) is 5.75. The van der Waals surface area contributed by atoms with Crippen LogP contribution in [0.25, 0.3) is 0 Å². The molecule has 0 amide bonds. The predicted molar refractivity (Wildman–Crippen MR) is 51.6 cm³/mol. The van der Waals surface area contributed by atoms with Crippen molar-refractivity contribution in [2.24, 2.45) is 10.8 Å². The number of hydrogen-bond acceptors (Lipinski definition) is 3. The number of carbonyl (C=O) groups is 1. The maximum absolute atomic E-state index is 11.2. The minimum absolute atomic E-state index is 0.0891. The zero-order valence-corrected chi connectivity index (χ0v) is 9.04. The van der Waals surface area contributed by atoms with E-state index in [1.165, 1.54) is 0 Å². The lowest BCUT2D eigenvalue weighted by atomic mass is 9.75. The van der Waals surface area contributed by atoms with Gasteiger partial charge in [0.25, 0.3) is 0 Å². The molecule has 80 valence electrons. The Balaban J connectivity index is 2.27. The summed E-state index contributed by atoms with van der Waals surface area (Å²) in [6.45, 7) is 6.36. The topological polar surface area (TPSA) is 46.5 Å². The van der Waals surface area contributed by atoms with Gasteiger partial charge < -0.3 is 9.84 Å². The number of ether oxygens (including phenoxy) is 1. The Morgan fingerprint density at radius 2 is 2.07 bits per heavy atom. The number of esters is 1. The molecule has 3 atom stereocenters. The van der Waals surface area contributed by atoms with E-state index < -0.39 is 6.10 Å². The summed E-state index contributed by atoms with van der Waals surface area (Å²) < 4.78 is 5.32. The molecule has 14 heavy (non-hydrogen) atoms. The van der Waals surface area contributed by atoms with Crippen molar-refractivity contribution in [3.05, 3.63) is 0 Å². The van der Waals surface area contributed by atoms with E-state index in [0.717, 1.165) is 12.8 Å². The maximum atomic E-state index is 11.2. The predicted octanol–water partition coefficient (Wildman–Crippen LogP) is 1.49. The van der Waals surface area contributed by atoms with Gasteiger partial charge >= 0.3 is 5.97 Å². The second kappa shape index (κ2) is 2.72. The van der Waals surface area contributed by atoms with Crippen LogP contribution in [-0.2, 0) is 9.53 Å². The van der Waals surface area contributed by atoms with E-state index in [2.05, 4.69) is 13.8 Å². The van der Waals surface area contributed by atoms with Gasteiger partial charge in [-0.15, -0.1) is 0 Å². The molecular weight excluding hydrogens is 180 g/mol.